The first-order chi connectivity index (χ1) is 17.6. The Morgan fingerprint density at radius 1 is 0.838 bits per heavy atom. The summed E-state index contributed by atoms with van der Waals surface area (Å²) < 4.78 is 70.2. The molecule has 0 fully saturated rings. The summed E-state index contributed by atoms with van der Waals surface area (Å²) in [6.45, 7) is 1.11. The molecule has 0 saturated heterocycles. The number of fused-ring (bicyclic) bond motifs is 1. The van der Waals surface area contributed by atoms with Gasteiger partial charge in [0.15, 0.2) is 23.0 Å². The van der Waals surface area contributed by atoms with Gasteiger partial charge in [-0.3, -0.25) is 4.55 Å². The van der Waals surface area contributed by atoms with Crippen molar-refractivity contribution in [3.05, 3.63) is 34.9 Å². The van der Waals surface area contributed by atoms with E-state index in [1.165, 1.54) is 0 Å². The lowest BCUT2D eigenvalue weighted by molar-refractivity contribution is -0.935. The van der Waals surface area contributed by atoms with E-state index in [0.29, 0.717) is 58.4 Å². The second-order valence-electron chi connectivity index (χ2n) is 8.86. The smallest absolute Gasteiger partial charge is 0.397 e. The Bertz CT molecular complexity index is 1190. The largest absolute Gasteiger partial charge is 0.493 e. The summed E-state index contributed by atoms with van der Waals surface area (Å²) in [5.74, 6) is 3.08. The van der Waals surface area contributed by atoms with Crippen molar-refractivity contribution in [3.8, 4) is 34.5 Å². The van der Waals surface area contributed by atoms with Crippen LogP contribution in [0.25, 0.3) is 0 Å². The van der Waals surface area contributed by atoms with Crippen LogP contribution in [0.5, 0.6) is 34.5 Å². The fourth-order valence-electron chi connectivity index (χ4n) is 5.17. The van der Waals surface area contributed by atoms with Crippen molar-refractivity contribution >= 4 is 10.4 Å². The molecule has 12 heteroatoms. The number of rotatable bonds is 12. The predicted molar refractivity (Wildman–Crippen MR) is 136 cm³/mol. The van der Waals surface area contributed by atoms with E-state index in [0.717, 1.165) is 23.2 Å². The first kappa shape index (κ1) is 28.6. The quantitative estimate of drug-likeness (QED) is 0.243. The lowest BCUT2D eigenvalue weighted by Gasteiger charge is -2.46. The van der Waals surface area contributed by atoms with Crippen molar-refractivity contribution < 1.29 is 50.1 Å². The van der Waals surface area contributed by atoms with Crippen molar-refractivity contribution in [1.29, 1.82) is 0 Å². The Morgan fingerprint density at radius 2 is 1.38 bits per heavy atom. The standard InChI is InChI=1S/C25H35NO10S/c1-26(10-8-12-36-37(27,28)29)11-9-16-13-20(32-4)24(34-6)25(35-7)21(16)22(26)17-14-18(30-2)23(33-5)19(15-17)31-3/h13-15,22H,8-12H2,1-7H3/p+1/t22-,26-/m1/s1. The van der Waals surface area contributed by atoms with E-state index in [-0.39, 0.29) is 12.6 Å². The van der Waals surface area contributed by atoms with E-state index in [2.05, 4.69) is 11.2 Å². The highest BCUT2D eigenvalue weighted by atomic mass is 32.3. The van der Waals surface area contributed by atoms with Gasteiger partial charge < -0.3 is 32.9 Å². The van der Waals surface area contributed by atoms with Gasteiger partial charge in [-0.1, -0.05) is 0 Å². The SMILES string of the molecule is COc1cc([C@@H]2c3c(cc(OC)c(OC)c3OC)CC[N@@+]2(C)CCCOS(=O)(=O)O)cc(OC)c1OC. The van der Waals surface area contributed by atoms with E-state index >= 15 is 0 Å². The molecule has 1 aliphatic rings. The number of methoxy groups -OCH3 is 6. The topological polar surface area (TPSA) is 119 Å². The van der Waals surface area contributed by atoms with Gasteiger partial charge in [0, 0.05) is 18.4 Å². The van der Waals surface area contributed by atoms with Crippen LogP contribution in [-0.4, -0.2) is 86.9 Å². The van der Waals surface area contributed by atoms with E-state index in [4.69, 9.17) is 33.0 Å². The maximum absolute atomic E-state index is 11.1. The Labute approximate surface area is 218 Å². The summed E-state index contributed by atoms with van der Waals surface area (Å²) in [6.07, 6.45) is 1.09. The van der Waals surface area contributed by atoms with Crippen LogP contribution in [-0.2, 0) is 21.0 Å². The molecular weight excluding hydrogens is 506 g/mol. The summed E-state index contributed by atoms with van der Waals surface area (Å²) in [6, 6.07) is 5.48. The number of ether oxygens (including phenoxy) is 6. The minimum absolute atomic E-state index is 0.148. The lowest BCUT2D eigenvalue weighted by Crippen LogP contribution is -2.52. The molecule has 2 atom stereocenters. The van der Waals surface area contributed by atoms with Crippen molar-refractivity contribution in [1.82, 2.24) is 0 Å². The van der Waals surface area contributed by atoms with Gasteiger partial charge in [0.05, 0.1) is 75.0 Å². The Kier molecular flexibility index (Phi) is 9.00. The third-order valence-corrected chi connectivity index (χ3v) is 7.26. The zero-order valence-electron chi connectivity index (χ0n) is 22.3. The minimum Gasteiger partial charge on any atom is -0.493 e. The molecule has 1 aliphatic heterocycles. The van der Waals surface area contributed by atoms with Crippen LogP contribution in [0, 0.1) is 0 Å². The molecule has 0 aliphatic carbocycles. The molecule has 1 heterocycles. The molecule has 0 aromatic heterocycles. The average molecular weight is 543 g/mol. The van der Waals surface area contributed by atoms with Crippen LogP contribution in [0.1, 0.15) is 29.2 Å². The molecule has 0 spiro atoms. The van der Waals surface area contributed by atoms with E-state index in [1.54, 1.807) is 42.7 Å². The molecular formula is C25H36NO10S+. The van der Waals surface area contributed by atoms with Crippen LogP contribution >= 0.6 is 0 Å². The molecule has 2 aromatic carbocycles. The highest BCUT2D eigenvalue weighted by Gasteiger charge is 2.44. The van der Waals surface area contributed by atoms with Gasteiger partial charge in [0.1, 0.15) is 6.04 Å². The third-order valence-electron chi connectivity index (χ3n) is 6.79. The van der Waals surface area contributed by atoms with Crippen molar-refractivity contribution in [3.63, 3.8) is 0 Å². The zero-order valence-corrected chi connectivity index (χ0v) is 23.1. The maximum atomic E-state index is 11.1. The summed E-state index contributed by atoms with van der Waals surface area (Å²) >= 11 is 0. The van der Waals surface area contributed by atoms with Gasteiger partial charge in [-0.05, 0) is 23.8 Å². The molecule has 0 unspecified atom stereocenters. The van der Waals surface area contributed by atoms with Gasteiger partial charge in [-0.15, -0.1) is 0 Å². The molecule has 2 aromatic rings. The lowest BCUT2D eigenvalue weighted by atomic mass is 9.84. The molecule has 3 rings (SSSR count). The van der Waals surface area contributed by atoms with Crippen molar-refractivity contribution in [2.24, 2.45) is 0 Å². The first-order valence-corrected chi connectivity index (χ1v) is 13.0. The molecule has 206 valence electrons. The second kappa shape index (κ2) is 11.6. The Hall–Kier alpha value is -2.93. The van der Waals surface area contributed by atoms with Crippen LogP contribution in [0.4, 0.5) is 0 Å². The Balaban J connectivity index is 2.25. The van der Waals surface area contributed by atoms with Gasteiger partial charge in [0.25, 0.3) is 0 Å². The summed E-state index contributed by atoms with van der Waals surface area (Å²) in [5, 5.41) is 0. The highest BCUT2D eigenvalue weighted by molar-refractivity contribution is 7.80. The van der Waals surface area contributed by atoms with Crippen LogP contribution in [0.15, 0.2) is 18.2 Å². The molecule has 1 N–H and O–H groups in total. The predicted octanol–water partition coefficient (Wildman–Crippen LogP) is 3.04. The number of quaternary nitrogens is 1. The number of hydrogen-bond acceptors (Lipinski definition) is 9. The van der Waals surface area contributed by atoms with Crippen LogP contribution < -0.4 is 28.4 Å². The number of likely N-dealkylation sites (N-methyl/N-ethyl adjacent to an activating group) is 1. The number of hydrogen-bond donors (Lipinski definition) is 1. The minimum atomic E-state index is -4.52. The first-order valence-electron chi connectivity index (χ1n) is 11.6. The van der Waals surface area contributed by atoms with Gasteiger partial charge >= 0.3 is 10.4 Å². The third kappa shape index (κ3) is 5.82. The van der Waals surface area contributed by atoms with E-state index < -0.39 is 10.4 Å². The number of benzene rings is 2. The highest BCUT2D eigenvalue weighted by Crippen LogP contribution is 2.53. The zero-order chi connectivity index (χ0) is 27.4. The van der Waals surface area contributed by atoms with Crippen LogP contribution in [0.3, 0.4) is 0 Å². The monoisotopic (exact) mass is 542 g/mol. The molecule has 0 bridgehead atoms. The second-order valence-corrected chi connectivity index (χ2v) is 9.95. The summed E-state index contributed by atoms with van der Waals surface area (Å²) in [7, 11) is 6.96. The normalized spacial score (nSPS) is 19.1. The van der Waals surface area contributed by atoms with Gasteiger partial charge in [0.2, 0.25) is 11.5 Å². The van der Waals surface area contributed by atoms with Gasteiger partial charge in [-0.25, -0.2) is 4.18 Å². The fraction of sp³-hybridized carbons (Fsp3) is 0.520. The van der Waals surface area contributed by atoms with Gasteiger partial charge in [-0.2, -0.15) is 8.42 Å². The Morgan fingerprint density at radius 3 is 1.86 bits per heavy atom. The molecule has 37 heavy (non-hydrogen) atoms. The summed E-state index contributed by atoms with van der Waals surface area (Å²) in [4.78, 5) is 0. The van der Waals surface area contributed by atoms with E-state index in [9.17, 15) is 8.42 Å². The number of nitrogens with zero attached hydrogens (tertiary/aromatic N) is 1. The molecule has 0 saturated carbocycles. The fourth-order valence-corrected chi connectivity index (χ4v) is 5.50. The van der Waals surface area contributed by atoms with Crippen molar-refractivity contribution in [2.75, 3.05) is 69.4 Å². The average Bonchev–Trinajstić information content (AvgIpc) is 2.88. The summed E-state index contributed by atoms with van der Waals surface area (Å²) in [5.41, 5.74) is 2.83. The maximum Gasteiger partial charge on any atom is 0.397 e. The molecule has 0 amide bonds. The molecule has 0 radical (unpaired) electrons. The van der Waals surface area contributed by atoms with Crippen molar-refractivity contribution in [2.45, 2.75) is 18.9 Å². The molecule has 11 nitrogen and oxygen atoms in total. The van der Waals surface area contributed by atoms with E-state index in [1.807, 2.05) is 18.2 Å². The van der Waals surface area contributed by atoms with Crippen LogP contribution in [0.2, 0.25) is 0 Å².